The van der Waals surface area contributed by atoms with E-state index < -0.39 is 0 Å². The van der Waals surface area contributed by atoms with Gasteiger partial charge in [-0.3, -0.25) is 9.69 Å². The molecular formula is C23H36N4OS. The summed E-state index contributed by atoms with van der Waals surface area (Å²) >= 11 is 1.52. The van der Waals surface area contributed by atoms with Crippen molar-refractivity contribution in [3.8, 4) is 0 Å². The molecule has 0 spiro atoms. The fourth-order valence-corrected chi connectivity index (χ4v) is 4.55. The summed E-state index contributed by atoms with van der Waals surface area (Å²) < 4.78 is 2.22. The zero-order valence-electron chi connectivity index (χ0n) is 19.2. The summed E-state index contributed by atoms with van der Waals surface area (Å²) in [6, 6.07) is 4.35. The molecule has 0 radical (unpaired) electrons. The van der Waals surface area contributed by atoms with E-state index in [0.29, 0.717) is 0 Å². The van der Waals surface area contributed by atoms with E-state index in [2.05, 4.69) is 67.5 Å². The van der Waals surface area contributed by atoms with Crippen molar-refractivity contribution < 1.29 is 4.79 Å². The maximum atomic E-state index is 13.2. The molecule has 0 saturated carbocycles. The summed E-state index contributed by atoms with van der Waals surface area (Å²) in [5.74, 6) is 1.15. The Morgan fingerprint density at radius 3 is 2.34 bits per heavy atom. The van der Waals surface area contributed by atoms with Gasteiger partial charge in [0.1, 0.15) is 0 Å². The van der Waals surface area contributed by atoms with E-state index in [-0.39, 0.29) is 17.1 Å². The maximum Gasteiger partial charge on any atom is 0.191 e. The molecular weight excluding hydrogens is 380 g/mol. The van der Waals surface area contributed by atoms with Crippen LogP contribution in [0.4, 0.5) is 0 Å². The molecule has 2 unspecified atom stereocenters. The first-order valence-electron chi connectivity index (χ1n) is 10.6. The van der Waals surface area contributed by atoms with Gasteiger partial charge in [0.25, 0.3) is 0 Å². The minimum atomic E-state index is -0.215. The lowest BCUT2D eigenvalue weighted by atomic mass is 9.97. The van der Waals surface area contributed by atoms with Crippen molar-refractivity contribution in [3.63, 3.8) is 0 Å². The Balaban J connectivity index is 2.31. The highest BCUT2D eigenvalue weighted by Gasteiger charge is 2.25. The smallest absolute Gasteiger partial charge is 0.191 e. The number of nitrogens with zero attached hydrogens (tertiary/aromatic N) is 4. The van der Waals surface area contributed by atoms with E-state index in [1.807, 2.05) is 19.9 Å². The second-order valence-electron chi connectivity index (χ2n) is 8.11. The fraction of sp³-hybridized carbons (Fsp3) is 0.609. The Morgan fingerprint density at radius 1 is 1.10 bits per heavy atom. The third kappa shape index (κ3) is 5.48. The first kappa shape index (κ1) is 23.6. The first-order chi connectivity index (χ1) is 13.7. The van der Waals surface area contributed by atoms with Gasteiger partial charge >= 0.3 is 0 Å². The lowest BCUT2D eigenvalue weighted by molar-refractivity contribution is 0.0993. The molecule has 0 saturated heterocycles. The van der Waals surface area contributed by atoms with Crippen molar-refractivity contribution in [2.45, 2.75) is 83.8 Å². The number of carbonyl (C=O) groups excluding carboxylic acids is 1. The Kier molecular flexibility index (Phi) is 8.46. The van der Waals surface area contributed by atoms with Crippen LogP contribution in [0, 0.1) is 20.8 Å². The van der Waals surface area contributed by atoms with Crippen LogP contribution in [0.25, 0.3) is 0 Å². The van der Waals surface area contributed by atoms with Crippen molar-refractivity contribution in [1.82, 2.24) is 19.7 Å². The van der Waals surface area contributed by atoms with Gasteiger partial charge in [-0.2, -0.15) is 0 Å². The lowest BCUT2D eigenvalue weighted by Crippen LogP contribution is -2.23. The maximum absolute atomic E-state index is 13.2. The van der Waals surface area contributed by atoms with Gasteiger partial charge < -0.3 is 4.57 Å². The average Bonchev–Trinajstić information content (AvgIpc) is 3.04. The molecule has 0 aliphatic carbocycles. The molecule has 0 aliphatic heterocycles. The summed E-state index contributed by atoms with van der Waals surface area (Å²) in [5, 5.41) is 9.64. The molecule has 5 nitrogen and oxygen atoms in total. The molecule has 2 atom stereocenters. The molecule has 160 valence electrons. The third-order valence-corrected chi connectivity index (χ3v) is 6.63. The van der Waals surface area contributed by atoms with Crippen LogP contribution in [0.2, 0.25) is 0 Å². The Morgan fingerprint density at radius 2 is 1.76 bits per heavy atom. The van der Waals surface area contributed by atoms with Gasteiger partial charge in [0.05, 0.1) is 11.3 Å². The number of unbranched alkanes of at least 4 members (excludes halogenated alkanes) is 1. The van der Waals surface area contributed by atoms with Gasteiger partial charge in [-0.25, -0.2) is 0 Å². The Hall–Kier alpha value is -1.66. The highest BCUT2D eigenvalue weighted by atomic mass is 32.2. The molecule has 2 aromatic rings. The average molecular weight is 417 g/mol. The van der Waals surface area contributed by atoms with Crippen LogP contribution in [-0.2, 0) is 6.54 Å². The Bertz CT molecular complexity index is 844. The van der Waals surface area contributed by atoms with Crippen LogP contribution < -0.4 is 0 Å². The monoisotopic (exact) mass is 416 g/mol. The molecule has 0 fully saturated rings. The highest BCUT2D eigenvalue weighted by Crippen LogP contribution is 2.30. The molecule has 1 aromatic heterocycles. The summed E-state index contributed by atoms with van der Waals surface area (Å²) in [4.78, 5) is 15.4. The number of rotatable bonds is 10. The topological polar surface area (TPSA) is 51.0 Å². The van der Waals surface area contributed by atoms with E-state index in [0.717, 1.165) is 53.5 Å². The summed E-state index contributed by atoms with van der Waals surface area (Å²) in [6.07, 6.45) is 3.15. The second-order valence-corrected chi connectivity index (χ2v) is 9.42. The van der Waals surface area contributed by atoms with Crippen LogP contribution in [0.1, 0.15) is 78.9 Å². The SMILES string of the molecule is CCCCn1c(SC(C)C(=O)c2cc(C)c(C)cc2C)nnc1C(CC)N(C)C. The van der Waals surface area contributed by atoms with Gasteiger partial charge in [-0.1, -0.05) is 38.1 Å². The summed E-state index contributed by atoms with van der Waals surface area (Å²) in [7, 11) is 4.16. The number of hydrogen-bond donors (Lipinski definition) is 0. The van der Waals surface area contributed by atoms with Crippen molar-refractivity contribution in [2.24, 2.45) is 0 Å². The number of hydrogen-bond acceptors (Lipinski definition) is 5. The number of benzene rings is 1. The van der Waals surface area contributed by atoms with Gasteiger partial charge in [0.2, 0.25) is 0 Å². The van der Waals surface area contributed by atoms with Crippen LogP contribution in [0.5, 0.6) is 0 Å². The predicted octanol–water partition coefficient (Wildman–Crippen LogP) is 5.38. The minimum absolute atomic E-state index is 0.154. The number of carbonyl (C=O) groups is 1. The minimum Gasteiger partial charge on any atom is -0.305 e. The lowest BCUT2D eigenvalue weighted by Gasteiger charge is -2.23. The first-order valence-corrected chi connectivity index (χ1v) is 11.5. The predicted molar refractivity (Wildman–Crippen MR) is 122 cm³/mol. The number of Topliss-reactive ketones (excluding diaryl/α,β-unsaturated/α-hetero) is 1. The molecule has 1 aromatic carbocycles. The van der Waals surface area contributed by atoms with E-state index >= 15 is 0 Å². The van der Waals surface area contributed by atoms with Crippen molar-refractivity contribution in [2.75, 3.05) is 14.1 Å². The molecule has 0 N–H and O–H groups in total. The van der Waals surface area contributed by atoms with Crippen molar-refractivity contribution in [3.05, 3.63) is 40.2 Å². The largest absolute Gasteiger partial charge is 0.305 e. The fourth-order valence-electron chi connectivity index (χ4n) is 3.60. The van der Waals surface area contributed by atoms with Crippen LogP contribution >= 0.6 is 11.8 Å². The number of ketones is 1. The molecule has 29 heavy (non-hydrogen) atoms. The van der Waals surface area contributed by atoms with Crippen LogP contribution in [0.3, 0.4) is 0 Å². The Labute approximate surface area is 180 Å². The number of aryl methyl sites for hydroxylation is 3. The van der Waals surface area contributed by atoms with E-state index in [4.69, 9.17) is 0 Å². The van der Waals surface area contributed by atoms with Crippen molar-refractivity contribution in [1.29, 1.82) is 0 Å². The molecule has 1 heterocycles. The van der Waals surface area contributed by atoms with E-state index in [9.17, 15) is 4.79 Å². The van der Waals surface area contributed by atoms with E-state index in [1.54, 1.807) is 0 Å². The highest BCUT2D eigenvalue weighted by molar-refractivity contribution is 8.00. The summed E-state index contributed by atoms with van der Waals surface area (Å²) in [5.41, 5.74) is 4.23. The quantitative estimate of drug-likeness (QED) is 0.384. The molecule has 0 bridgehead atoms. The van der Waals surface area contributed by atoms with Crippen LogP contribution in [0.15, 0.2) is 17.3 Å². The van der Waals surface area contributed by atoms with Gasteiger partial charge in [0, 0.05) is 12.1 Å². The van der Waals surface area contributed by atoms with Gasteiger partial charge in [-0.05, 0) is 77.4 Å². The number of aromatic nitrogens is 3. The zero-order valence-corrected chi connectivity index (χ0v) is 20.1. The molecule has 0 aliphatic rings. The van der Waals surface area contributed by atoms with E-state index in [1.165, 1.54) is 17.3 Å². The summed E-state index contributed by atoms with van der Waals surface area (Å²) in [6.45, 7) is 13.4. The number of thioether (sulfide) groups is 1. The molecule has 6 heteroatoms. The van der Waals surface area contributed by atoms with Crippen LogP contribution in [-0.4, -0.2) is 44.8 Å². The second kappa shape index (κ2) is 10.4. The van der Waals surface area contributed by atoms with Gasteiger partial charge in [-0.15, -0.1) is 10.2 Å². The van der Waals surface area contributed by atoms with Crippen molar-refractivity contribution >= 4 is 17.5 Å². The molecule has 2 rings (SSSR count). The molecule has 0 amide bonds. The zero-order chi connectivity index (χ0) is 21.7. The standard InChI is InChI=1S/C23H36N4OS/c1-9-11-12-27-22(20(10-2)26(7)8)24-25-23(27)29-18(6)21(28)19-14-16(4)15(3)13-17(19)5/h13-14,18,20H,9-12H2,1-8H3. The normalized spacial score (nSPS) is 13.7. The van der Waals surface area contributed by atoms with Gasteiger partial charge in [0.15, 0.2) is 16.8 Å². The third-order valence-electron chi connectivity index (χ3n) is 5.55.